The number of nitrogens with one attached hydrogen (secondary N) is 1. The minimum absolute atomic E-state index is 0.0754. The van der Waals surface area contributed by atoms with Gasteiger partial charge in [0.2, 0.25) is 11.7 Å². The zero-order chi connectivity index (χ0) is 40.7. The maximum Gasteiger partial charge on any atom is 0.416 e. The third-order valence-electron chi connectivity index (χ3n) is 9.24. The molecule has 6 rings (SSSR count). The Labute approximate surface area is 318 Å². The number of aromatic nitrogens is 5. The van der Waals surface area contributed by atoms with Crippen LogP contribution in [0.2, 0.25) is 0 Å². The number of carbonyl (C=O) groups excluding carboxylic acids is 3. The first-order chi connectivity index (χ1) is 26.4. The van der Waals surface area contributed by atoms with E-state index in [9.17, 15) is 41.8 Å². The van der Waals surface area contributed by atoms with E-state index in [4.69, 9.17) is 4.74 Å². The highest BCUT2D eigenvalue weighted by molar-refractivity contribution is 5.95. The average molecular weight is 784 g/mol. The lowest BCUT2D eigenvalue weighted by Crippen LogP contribution is -2.51. The second kappa shape index (κ2) is 15.3. The van der Waals surface area contributed by atoms with E-state index in [0.29, 0.717) is 5.69 Å². The van der Waals surface area contributed by atoms with Gasteiger partial charge in [-0.1, -0.05) is 13.0 Å². The number of fused-ring (bicyclic) bond motifs is 1. The molecule has 56 heavy (non-hydrogen) atoms. The highest BCUT2D eigenvalue weighted by atomic mass is 19.4. The lowest BCUT2D eigenvalue weighted by molar-refractivity contribution is -0.137. The molecule has 1 aromatic carbocycles. The maximum atomic E-state index is 14.7. The van der Waals surface area contributed by atoms with Crippen molar-refractivity contribution in [2.24, 2.45) is 0 Å². The second-order valence-electron chi connectivity index (χ2n) is 14.4. The molecule has 298 valence electrons. The van der Waals surface area contributed by atoms with Crippen LogP contribution in [0.1, 0.15) is 67.2 Å². The minimum Gasteiger partial charge on any atom is -0.505 e. The molecule has 1 atom stereocenters. The molecule has 1 fully saturated rings. The maximum absolute atomic E-state index is 14.7. The van der Waals surface area contributed by atoms with E-state index in [1.165, 1.54) is 40.8 Å². The number of carbonyl (C=O) groups is 3. The van der Waals surface area contributed by atoms with Crippen molar-refractivity contribution < 1.29 is 41.8 Å². The molecule has 1 saturated heterocycles. The van der Waals surface area contributed by atoms with Gasteiger partial charge in [0.05, 0.1) is 23.5 Å². The van der Waals surface area contributed by atoms with Gasteiger partial charge in [-0.25, -0.2) is 14.2 Å². The highest BCUT2D eigenvalue weighted by Crippen LogP contribution is 2.32. The van der Waals surface area contributed by atoms with Gasteiger partial charge in [0, 0.05) is 44.5 Å². The number of allylic oxidation sites excluding steroid dienone is 1. The zero-order valence-corrected chi connectivity index (χ0v) is 31.4. The van der Waals surface area contributed by atoms with Gasteiger partial charge >= 0.3 is 12.3 Å². The molecule has 19 heteroatoms. The highest BCUT2D eigenvalue weighted by Gasteiger charge is 2.35. The van der Waals surface area contributed by atoms with Gasteiger partial charge in [-0.05, 0) is 70.0 Å². The summed E-state index contributed by atoms with van der Waals surface area (Å²) in [6, 6.07) is 5.79. The fourth-order valence-electron chi connectivity index (χ4n) is 6.62. The van der Waals surface area contributed by atoms with Crippen molar-refractivity contribution in [3.8, 4) is 5.75 Å². The number of aryl methyl sites for hydroxylation is 1. The van der Waals surface area contributed by atoms with Crippen LogP contribution < -0.4 is 15.8 Å². The van der Waals surface area contributed by atoms with Crippen LogP contribution >= 0.6 is 0 Å². The molecule has 4 aromatic rings. The summed E-state index contributed by atoms with van der Waals surface area (Å²) in [5.74, 6) is -1.61. The Kier molecular flexibility index (Phi) is 10.8. The van der Waals surface area contributed by atoms with E-state index in [2.05, 4.69) is 20.4 Å². The molecule has 0 aliphatic carbocycles. The van der Waals surface area contributed by atoms with Crippen LogP contribution in [0.25, 0.3) is 11.5 Å². The van der Waals surface area contributed by atoms with Crippen LogP contribution in [-0.4, -0.2) is 101 Å². The molecule has 0 radical (unpaired) electrons. The van der Waals surface area contributed by atoms with Crippen molar-refractivity contribution in [2.75, 3.05) is 42.9 Å². The summed E-state index contributed by atoms with van der Waals surface area (Å²) in [5, 5.41) is 17.3. The first-order valence-electron chi connectivity index (χ1n) is 17.9. The Balaban J connectivity index is 1.41. The van der Waals surface area contributed by atoms with Gasteiger partial charge in [-0.3, -0.25) is 19.3 Å². The first-order valence-corrected chi connectivity index (χ1v) is 17.9. The molecule has 15 nitrogen and oxygen atoms in total. The number of nitrogens with zero attached hydrogens (tertiary/aromatic N) is 8. The molecule has 3 aromatic heterocycles. The topological polar surface area (TPSA) is 168 Å². The Morgan fingerprint density at radius 2 is 1.79 bits per heavy atom. The van der Waals surface area contributed by atoms with Crippen LogP contribution in [0.4, 0.5) is 33.7 Å². The summed E-state index contributed by atoms with van der Waals surface area (Å²) in [4.78, 5) is 67.5. The largest absolute Gasteiger partial charge is 0.505 e. The molecule has 5 heterocycles. The number of pyridine rings is 1. The number of aromatic hydroxyl groups is 1. The van der Waals surface area contributed by atoms with Crippen molar-refractivity contribution in [3.63, 3.8) is 0 Å². The third kappa shape index (κ3) is 8.16. The first kappa shape index (κ1) is 39.7. The van der Waals surface area contributed by atoms with Crippen LogP contribution in [-0.2, 0) is 28.7 Å². The molecule has 1 unspecified atom stereocenters. The smallest absolute Gasteiger partial charge is 0.416 e. The standard InChI is InChI=1S/C37H41F4N9O6/c1-6-25-30(46-14-16-47(17-15-46)32(53)29-27(51)8-7-13-42-29)33(54)50-34(48(25)20-28(52)43-24-11-9-22(18-21(24)2)37(39,40)41)44-31(45-50)26-12-10-23(38)19-49(26)35(55)56-36(3,4)5/h7-9,11-13,18,23,51H,6,10,14-17,19-20H2,1-5H3,(H,43,52). The number of anilines is 2. The van der Waals surface area contributed by atoms with E-state index in [-0.39, 0.29) is 91.2 Å². The minimum atomic E-state index is -4.58. The predicted molar refractivity (Wildman–Crippen MR) is 196 cm³/mol. The van der Waals surface area contributed by atoms with Crippen LogP contribution in [0.15, 0.2) is 47.4 Å². The third-order valence-corrected chi connectivity index (χ3v) is 9.24. The normalized spacial score (nSPS) is 16.6. The SMILES string of the molecule is CCc1c(N2CCN(C(=O)c3ncccc3O)CC2)c(=O)n2nc(C3=CCC(F)CN3C(=O)OC(C)(C)C)nc2n1CC(=O)Nc1ccc(C(F)(F)F)cc1C. The van der Waals surface area contributed by atoms with Crippen LogP contribution in [0.5, 0.6) is 5.75 Å². The number of ether oxygens (including phenoxy) is 1. The van der Waals surface area contributed by atoms with Gasteiger partial charge in [-0.2, -0.15) is 22.7 Å². The van der Waals surface area contributed by atoms with Crippen LogP contribution in [0, 0.1) is 6.92 Å². The molecular formula is C37H41F4N9O6. The fraction of sp³-hybridized carbons (Fsp3) is 0.432. The number of alkyl halides is 4. The molecule has 0 saturated carbocycles. The quantitative estimate of drug-likeness (QED) is 0.249. The van der Waals surface area contributed by atoms with E-state index in [1.807, 2.05) is 0 Å². The molecular weight excluding hydrogens is 742 g/mol. The summed E-state index contributed by atoms with van der Waals surface area (Å²) in [6.45, 7) is 7.97. The molecule has 2 aliphatic heterocycles. The summed E-state index contributed by atoms with van der Waals surface area (Å²) in [5.41, 5.74) is -1.58. The van der Waals surface area contributed by atoms with Gasteiger partial charge in [0.15, 0.2) is 11.5 Å². The summed E-state index contributed by atoms with van der Waals surface area (Å²) < 4.78 is 62.7. The van der Waals surface area contributed by atoms with Gasteiger partial charge < -0.3 is 29.5 Å². The average Bonchev–Trinajstić information content (AvgIpc) is 3.58. The number of rotatable bonds is 7. The van der Waals surface area contributed by atoms with Crippen molar-refractivity contribution in [1.82, 2.24) is 33.9 Å². The second-order valence-corrected chi connectivity index (χ2v) is 14.4. The lowest BCUT2D eigenvalue weighted by atomic mass is 10.1. The van der Waals surface area contributed by atoms with Crippen molar-refractivity contribution in [1.29, 1.82) is 0 Å². The van der Waals surface area contributed by atoms with Crippen molar-refractivity contribution in [2.45, 2.75) is 72.0 Å². The molecule has 0 bridgehead atoms. The van der Waals surface area contributed by atoms with E-state index >= 15 is 0 Å². The van der Waals surface area contributed by atoms with Crippen molar-refractivity contribution >= 4 is 40.8 Å². The van der Waals surface area contributed by atoms with Gasteiger partial charge in [-0.15, -0.1) is 5.10 Å². The number of amides is 3. The Morgan fingerprint density at radius 3 is 2.41 bits per heavy atom. The predicted octanol–water partition coefficient (Wildman–Crippen LogP) is 4.80. The van der Waals surface area contributed by atoms with Crippen molar-refractivity contribution in [3.05, 3.63) is 81.3 Å². The molecule has 2 N–H and O–H groups in total. The van der Waals surface area contributed by atoms with Gasteiger partial charge in [0.1, 0.15) is 29.8 Å². The van der Waals surface area contributed by atoms with E-state index < -0.39 is 53.5 Å². The number of hydrogen-bond donors (Lipinski definition) is 2. The van der Waals surface area contributed by atoms with Gasteiger partial charge in [0.25, 0.3) is 11.5 Å². The molecule has 3 amide bonds. The Bertz CT molecular complexity index is 2270. The zero-order valence-electron chi connectivity index (χ0n) is 31.4. The Morgan fingerprint density at radius 1 is 1.07 bits per heavy atom. The fourth-order valence-corrected chi connectivity index (χ4v) is 6.62. The lowest BCUT2D eigenvalue weighted by Gasteiger charge is -2.36. The summed E-state index contributed by atoms with van der Waals surface area (Å²) in [6.07, 6.45) is -3.90. The number of benzene rings is 1. The Hall–Kier alpha value is -6.01. The monoisotopic (exact) mass is 783 g/mol. The molecule has 2 aliphatic rings. The number of piperazine rings is 1. The van der Waals surface area contributed by atoms with E-state index in [0.717, 1.165) is 27.6 Å². The van der Waals surface area contributed by atoms with Crippen LogP contribution in [0.3, 0.4) is 0 Å². The van der Waals surface area contributed by atoms with E-state index in [1.54, 1.807) is 32.6 Å². The summed E-state index contributed by atoms with van der Waals surface area (Å²) in [7, 11) is 0. The number of hydrogen-bond acceptors (Lipinski definition) is 10. The summed E-state index contributed by atoms with van der Waals surface area (Å²) >= 11 is 0. The number of halogens is 4. The molecule has 0 spiro atoms.